The highest BCUT2D eigenvalue weighted by molar-refractivity contribution is 7.90. The second kappa shape index (κ2) is 4.52. The van der Waals surface area contributed by atoms with Crippen LogP contribution in [-0.2, 0) is 10.2 Å². The van der Waals surface area contributed by atoms with Gasteiger partial charge in [-0.2, -0.15) is 13.1 Å². The van der Waals surface area contributed by atoms with Crippen molar-refractivity contribution in [3.63, 3.8) is 0 Å². The molecule has 1 aromatic rings. The van der Waals surface area contributed by atoms with Crippen molar-refractivity contribution in [1.82, 2.24) is 14.7 Å². The van der Waals surface area contributed by atoms with Crippen LogP contribution in [0, 0.1) is 0 Å². The predicted molar refractivity (Wildman–Crippen MR) is 62.5 cm³/mol. The van der Waals surface area contributed by atoms with Crippen LogP contribution in [0.1, 0.15) is 20.8 Å². The van der Waals surface area contributed by atoms with E-state index in [-0.39, 0.29) is 11.1 Å². The van der Waals surface area contributed by atoms with E-state index in [2.05, 4.69) is 19.4 Å². The molecule has 0 saturated heterocycles. The molecule has 1 rings (SSSR count). The highest BCUT2D eigenvalue weighted by atomic mass is 35.5. The molecule has 90 valence electrons. The molecule has 8 heteroatoms. The van der Waals surface area contributed by atoms with Gasteiger partial charge in [-0.25, -0.2) is 14.7 Å². The number of rotatable bonds is 3. The van der Waals surface area contributed by atoms with Gasteiger partial charge in [0.15, 0.2) is 0 Å². The lowest BCUT2D eigenvalue weighted by Gasteiger charge is -2.20. The molecule has 6 nitrogen and oxygen atoms in total. The molecule has 1 aromatic heterocycles. The van der Waals surface area contributed by atoms with Crippen LogP contribution in [-0.4, -0.2) is 23.9 Å². The zero-order valence-corrected chi connectivity index (χ0v) is 10.7. The first-order chi connectivity index (χ1) is 7.18. The Bertz CT molecular complexity index is 469. The largest absolute Gasteiger partial charge is 0.301 e. The molecule has 0 spiro atoms. The van der Waals surface area contributed by atoms with Crippen molar-refractivity contribution in [1.29, 1.82) is 0 Å². The van der Waals surface area contributed by atoms with Crippen molar-refractivity contribution < 1.29 is 8.42 Å². The van der Waals surface area contributed by atoms with Crippen molar-refractivity contribution in [3.05, 3.63) is 17.4 Å². The summed E-state index contributed by atoms with van der Waals surface area (Å²) in [6.45, 7) is 5.18. The van der Waals surface area contributed by atoms with Crippen LogP contribution in [0.15, 0.2) is 12.3 Å². The molecule has 0 aromatic carbocycles. The fourth-order valence-corrected chi connectivity index (χ4v) is 2.27. The van der Waals surface area contributed by atoms with Gasteiger partial charge in [-0.1, -0.05) is 11.6 Å². The quantitative estimate of drug-likeness (QED) is 0.803. The minimum atomic E-state index is -3.69. The van der Waals surface area contributed by atoms with E-state index in [1.165, 1.54) is 12.3 Å². The fraction of sp³-hybridized carbons (Fsp3) is 0.500. The fourth-order valence-electron chi connectivity index (χ4n) is 0.935. The summed E-state index contributed by atoms with van der Waals surface area (Å²) in [7, 11) is -3.69. The maximum atomic E-state index is 11.6. The maximum Gasteiger partial charge on any atom is 0.301 e. The Kier molecular flexibility index (Phi) is 3.72. The van der Waals surface area contributed by atoms with Crippen LogP contribution in [0.3, 0.4) is 0 Å². The maximum absolute atomic E-state index is 11.6. The Hall–Kier alpha value is -0.920. The summed E-state index contributed by atoms with van der Waals surface area (Å²) in [5, 5.41) is 0.170. The highest BCUT2D eigenvalue weighted by Gasteiger charge is 2.20. The first-order valence-corrected chi connectivity index (χ1v) is 6.34. The average Bonchev–Trinajstić information content (AvgIpc) is 1.96. The van der Waals surface area contributed by atoms with Gasteiger partial charge >= 0.3 is 10.2 Å². The molecule has 0 aliphatic rings. The van der Waals surface area contributed by atoms with Crippen molar-refractivity contribution in [2.24, 2.45) is 0 Å². The number of hydrogen-bond acceptors (Lipinski definition) is 4. The van der Waals surface area contributed by atoms with Gasteiger partial charge < -0.3 is 0 Å². The van der Waals surface area contributed by atoms with Gasteiger partial charge in [0.2, 0.25) is 5.95 Å². The summed E-state index contributed by atoms with van der Waals surface area (Å²) in [5.74, 6) is -0.0655. The van der Waals surface area contributed by atoms with Crippen LogP contribution >= 0.6 is 11.6 Å². The third kappa shape index (κ3) is 4.73. The Labute approximate surface area is 99.6 Å². The molecule has 0 bridgehead atoms. The zero-order chi connectivity index (χ0) is 12.4. The second-order valence-corrected chi connectivity index (χ2v) is 5.96. The molecule has 0 aliphatic heterocycles. The van der Waals surface area contributed by atoms with Gasteiger partial charge in [-0.3, -0.25) is 0 Å². The molecule has 0 atom stereocenters. The number of nitrogens with zero attached hydrogens (tertiary/aromatic N) is 2. The summed E-state index contributed by atoms with van der Waals surface area (Å²) in [4.78, 5) is 7.44. The van der Waals surface area contributed by atoms with E-state index in [1.807, 2.05) is 0 Å². The molecular formula is C8H13ClN4O2S. The Balaban J connectivity index is 2.81. The minimum Gasteiger partial charge on any atom is -0.238 e. The van der Waals surface area contributed by atoms with Crippen molar-refractivity contribution in [2.75, 3.05) is 4.72 Å². The molecule has 0 radical (unpaired) electrons. The summed E-state index contributed by atoms with van der Waals surface area (Å²) in [6, 6.07) is 1.45. The number of halogens is 1. The van der Waals surface area contributed by atoms with Gasteiger partial charge in [-0.05, 0) is 26.8 Å². The normalized spacial score (nSPS) is 12.5. The molecule has 0 unspecified atom stereocenters. The van der Waals surface area contributed by atoms with Gasteiger partial charge in [-0.15, -0.1) is 0 Å². The summed E-state index contributed by atoms with van der Waals surface area (Å²) >= 11 is 5.60. The van der Waals surface area contributed by atoms with Crippen LogP contribution < -0.4 is 9.44 Å². The predicted octanol–water partition coefficient (Wildman–Crippen LogP) is 1.17. The van der Waals surface area contributed by atoms with Gasteiger partial charge in [0, 0.05) is 11.7 Å². The van der Waals surface area contributed by atoms with Crippen LogP contribution in [0.25, 0.3) is 0 Å². The SMILES string of the molecule is CC(C)(C)NS(=O)(=O)Nc1nccc(Cl)n1. The third-order valence-corrected chi connectivity index (χ3v) is 2.83. The van der Waals surface area contributed by atoms with Gasteiger partial charge in [0.05, 0.1) is 0 Å². The Morgan fingerprint density at radius 3 is 2.50 bits per heavy atom. The number of anilines is 1. The van der Waals surface area contributed by atoms with E-state index < -0.39 is 15.7 Å². The molecule has 0 aliphatic carbocycles. The van der Waals surface area contributed by atoms with Crippen LogP contribution in [0.4, 0.5) is 5.95 Å². The van der Waals surface area contributed by atoms with Crippen molar-refractivity contribution in [2.45, 2.75) is 26.3 Å². The monoisotopic (exact) mass is 264 g/mol. The molecule has 0 fully saturated rings. The number of hydrogen-bond donors (Lipinski definition) is 2. The molecule has 0 saturated carbocycles. The standard InChI is InChI=1S/C8H13ClN4O2S/c1-8(2,3)13-16(14,15)12-7-10-5-4-6(9)11-7/h4-5,13H,1-3H3,(H,10,11,12). The Morgan fingerprint density at radius 1 is 1.38 bits per heavy atom. The number of nitrogens with one attached hydrogen (secondary N) is 2. The third-order valence-electron chi connectivity index (χ3n) is 1.29. The molecule has 2 N–H and O–H groups in total. The van der Waals surface area contributed by atoms with Gasteiger partial charge in [0.25, 0.3) is 0 Å². The van der Waals surface area contributed by atoms with E-state index in [1.54, 1.807) is 20.8 Å². The van der Waals surface area contributed by atoms with Crippen molar-refractivity contribution >= 4 is 27.8 Å². The van der Waals surface area contributed by atoms with Crippen LogP contribution in [0.5, 0.6) is 0 Å². The summed E-state index contributed by atoms with van der Waals surface area (Å²) in [6.07, 6.45) is 1.37. The molecule has 0 amide bonds. The summed E-state index contributed by atoms with van der Waals surface area (Å²) < 4.78 is 27.7. The van der Waals surface area contributed by atoms with E-state index in [0.29, 0.717) is 0 Å². The first kappa shape index (κ1) is 13.1. The minimum absolute atomic E-state index is 0.0655. The number of aromatic nitrogens is 2. The highest BCUT2D eigenvalue weighted by Crippen LogP contribution is 2.08. The second-order valence-electron chi connectivity index (χ2n) is 4.16. The van der Waals surface area contributed by atoms with Gasteiger partial charge in [0.1, 0.15) is 5.15 Å². The average molecular weight is 265 g/mol. The van der Waals surface area contributed by atoms with E-state index in [9.17, 15) is 8.42 Å². The van der Waals surface area contributed by atoms with E-state index >= 15 is 0 Å². The smallest absolute Gasteiger partial charge is 0.238 e. The molecule has 16 heavy (non-hydrogen) atoms. The molecule has 1 heterocycles. The topological polar surface area (TPSA) is 84.0 Å². The van der Waals surface area contributed by atoms with E-state index in [0.717, 1.165) is 0 Å². The van der Waals surface area contributed by atoms with E-state index in [4.69, 9.17) is 11.6 Å². The first-order valence-electron chi connectivity index (χ1n) is 4.48. The zero-order valence-electron chi connectivity index (χ0n) is 9.15. The lowest BCUT2D eigenvalue weighted by Crippen LogP contribution is -2.43. The lowest BCUT2D eigenvalue weighted by molar-refractivity contribution is 0.494. The van der Waals surface area contributed by atoms with Crippen molar-refractivity contribution in [3.8, 4) is 0 Å². The lowest BCUT2D eigenvalue weighted by atomic mass is 10.1. The molecular weight excluding hydrogens is 252 g/mol. The summed E-state index contributed by atoms with van der Waals surface area (Å²) in [5.41, 5.74) is -0.579. The Morgan fingerprint density at radius 2 is 2.00 bits per heavy atom. The van der Waals surface area contributed by atoms with Crippen LogP contribution in [0.2, 0.25) is 5.15 Å².